The lowest BCUT2D eigenvalue weighted by atomic mass is 10.1. The van der Waals surface area contributed by atoms with Gasteiger partial charge in [-0.15, -0.1) is 0 Å². The van der Waals surface area contributed by atoms with Gasteiger partial charge in [-0.25, -0.2) is 0 Å². The van der Waals surface area contributed by atoms with E-state index >= 15 is 0 Å². The van der Waals surface area contributed by atoms with Gasteiger partial charge in [0.25, 0.3) is 0 Å². The third-order valence-electron chi connectivity index (χ3n) is 12.1. The monoisotopic (exact) mass is 1010 g/mol. The molecule has 1 atom stereocenters. The summed E-state index contributed by atoms with van der Waals surface area (Å²) in [4.78, 5) is 38.2. The van der Waals surface area contributed by atoms with E-state index in [0.29, 0.717) is 19.3 Å². The van der Waals surface area contributed by atoms with Gasteiger partial charge in [-0.05, 0) is 135 Å². The maximum Gasteiger partial charge on any atom is 0.306 e. The van der Waals surface area contributed by atoms with Crippen LogP contribution in [0.15, 0.2) is 134 Å². The van der Waals surface area contributed by atoms with Gasteiger partial charge in [0.1, 0.15) is 13.2 Å². The molecular weight excluding hydrogens is 901 g/mol. The molecule has 73 heavy (non-hydrogen) atoms. The first kappa shape index (κ1) is 68.6. The highest BCUT2D eigenvalue weighted by molar-refractivity contribution is 5.71. The van der Waals surface area contributed by atoms with Crippen LogP contribution in [0.3, 0.4) is 0 Å². The Kier molecular flexibility index (Phi) is 56.4. The van der Waals surface area contributed by atoms with Crippen molar-refractivity contribution in [2.75, 3.05) is 13.2 Å². The standard InChI is InChI=1S/C67H108O6/c1-4-7-10-13-16-19-22-25-27-29-31-32-33-34-36-37-39-42-45-48-51-54-57-60-66(69)72-63-64(62-71-65(68)59-56-53-50-47-44-41-24-21-18-15-12-9-6-3)73-67(70)61-58-55-52-49-46-43-40-38-35-30-28-26-23-20-17-14-11-8-5-2/h7,10,16-17,19-21,24-28,31-32,34-36,38-39,42,48,51,64H,4-6,8-9,11-15,18,22-23,29-30,33,37,40-41,43-47,49-50,52-63H2,1-3H3/b10-7-,19-16-,20-17-,24-21-,27-25-,28-26-,32-31-,36-34-,38-35-,42-39-,51-48-. The molecule has 0 radical (unpaired) electrons. The zero-order valence-electron chi connectivity index (χ0n) is 47.1. The maximum atomic E-state index is 12.9. The molecule has 6 heteroatoms. The van der Waals surface area contributed by atoms with Crippen molar-refractivity contribution < 1.29 is 28.6 Å². The Balaban J connectivity index is 4.52. The summed E-state index contributed by atoms with van der Waals surface area (Å²) in [5.74, 6) is -0.996. The lowest BCUT2D eigenvalue weighted by Gasteiger charge is -2.18. The Morgan fingerprint density at radius 2 is 0.548 bits per heavy atom. The van der Waals surface area contributed by atoms with Gasteiger partial charge < -0.3 is 14.2 Å². The van der Waals surface area contributed by atoms with Crippen LogP contribution in [0.25, 0.3) is 0 Å². The predicted octanol–water partition coefficient (Wildman–Crippen LogP) is 20.2. The Morgan fingerprint density at radius 3 is 0.932 bits per heavy atom. The zero-order chi connectivity index (χ0) is 52.9. The van der Waals surface area contributed by atoms with Crippen LogP contribution in [0.2, 0.25) is 0 Å². The molecule has 0 aromatic carbocycles. The highest BCUT2D eigenvalue weighted by Crippen LogP contribution is 2.13. The minimum atomic E-state index is -0.818. The predicted molar refractivity (Wildman–Crippen MR) is 316 cm³/mol. The van der Waals surface area contributed by atoms with Gasteiger partial charge in [0.2, 0.25) is 0 Å². The van der Waals surface area contributed by atoms with E-state index in [2.05, 4.69) is 154 Å². The van der Waals surface area contributed by atoms with E-state index in [4.69, 9.17) is 14.2 Å². The molecule has 0 aromatic rings. The van der Waals surface area contributed by atoms with Crippen LogP contribution < -0.4 is 0 Å². The van der Waals surface area contributed by atoms with Gasteiger partial charge in [-0.2, -0.15) is 0 Å². The largest absolute Gasteiger partial charge is 0.462 e. The molecule has 0 aliphatic heterocycles. The molecular formula is C67H108O6. The topological polar surface area (TPSA) is 78.9 Å². The second-order valence-corrected chi connectivity index (χ2v) is 19.2. The van der Waals surface area contributed by atoms with Gasteiger partial charge >= 0.3 is 17.9 Å². The van der Waals surface area contributed by atoms with Crippen LogP contribution in [-0.2, 0) is 28.6 Å². The number of rotatable bonds is 52. The van der Waals surface area contributed by atoms with E-state index in [0.717, 1.165) is 128 Å². The molecule has 0 aliphatic carbocycles. The van der Waals surface area contributed by atoms with Gasteiger partial charge in [0.05, 0.1) is 0 Å². The summed E-state index contributed by atoms with van der Waals surface area (Å²) >= 11 is 0. The Morgan fingerprint density at radius 1 is 0.288 bits per heavy atom. The van der Waals surface area contributed by atoms with Crippen molar-refractivity contribution in [2.24, 2.45) is 0 Å². The number of unbranched alkanes of at least 4 members (excludes halogenated alkanes) is 19. The van der Waals surface area contributed by atoms with E-state index in [-0.39, 0.29) is 37.5 Å². The van der Waals surface area contributed by atoms with Gasteiger partial charge in [0.15, 0.2) is 6.10 Å². The minimum absolute atomic E-state index is 0.110. The minimum Gasteiger partial charge on any atom is -0.462 e. The fourth-order valence-corrected chi connectivity index (χ4v) is 7.67. The average Bonchev–Trinajstić information content (AvgIpc) is 3.39. The number of carbonyl (C=O) groups excluding carboxylic acids is 3. The highest BCUT2D eigenvalue weighted by Gasteiger charge is 2.19. The van der Waals surface area contributed by atoms with Gasteiger partial charge in [0, 0.05) is 19.3 Å². The van der Waals surface area contributed by atoms with Crippen LogP contribution in [0.5, 0.6) is 0 Å². The Hall–Kier alpha value is -4.45. The van der Waals surface area contributed by atoms with Crippen LogP contribution in [0.4, 0.5) is 0 Å². The highest BCUT2D eigenvalue weighted by atomic mass is 16.6. The molecule has 6 nitrogen and oxygen atoms in total. The fraction of sp³-hybridized carbons (Fsp3) is 0.627. The molecule has 0 N–H and O–H groups in total. The van der Waals surface area contributed by atoms with Crippen molar-refractivity contribution in [1.82, 2.24) is 0 Å². The molecule has 0 amide bonds. The smallest absolute Gasteiger partial charge is 0.306 e. The van der Waals surface area contributed by atoms with E-state index < -0.39 is 6.10 Å². The molecule has 0 rings (SSSR count). The zero-order valence-corrected chi connectivity index (χ0v) is 47.1. The van der Waals surface area contributed by atoms with E-state index in [1.54, 1.807) is 0 Å². The summed E-state index contributed by atoms with van der Waals surface area (Å²) in [6.45, 7) is 6.41. The summed E-state index contributed by atoms with van der Waals surface area (Å²) in [7, 11) is 0. The van der Waals surface area contributed by atoms with Crippen molar-refractivity contribution in [1.29, 1.82) is 0 Å². The Bertz CT molecular complexity index is 1580. The van der Waals surface area contributed by atoms with Gasteiger partial charge in [-0.3, -0.25) is 14.4 Å². The summed E-state index contributed by atoms with van der Waals surface area (Å²) in [6.07, 6.45) is 84.4. The van der Waals surface area contributed by atoms with Crippen LogP contribution in [0.1, 0.15) is 252 Å². The summed E-state index contributed by atoms with van der Waals surface area (Å²) in [5, 5.41) is 0. The molecule has 0 aliphatic rings. The molecule has 1 unspecified atom stereocenters. The van der Waals surface area contributed by atoms with Crippen molar-refractivity contribution in [2.45, 2.75) is 258 Å². The van der Waals surface area contributed by atoms with Crippen LogP contribution >= 0.6 is 0 Å². The lowest BCUT2D eigenvalue weighted by molar-refractivity contribution is -0.167. The quantitative estimate of drug-likeness (QED) is 0.0261. The van der Waals surface area contributed by atoms with Crippen LogP contribution in [0, 0.1) is 0 Å². The first-order valence-corrected chi connectivity index (χ1v) is 29.7. The van der Waals surface area contributed by atoms with Crippen molar-refractivity contribution in [3.8, 4) is 0 Å². The molecule has 0 heterocycles. The third-order valence-corrected chi connectivity index (χ3v) is 12.1. The third kappa shape index (κ3) is 58.3. The SMILES string of the molecule is CC/C=C\C/C=C\C/C=C\C/C=C\C/C=C\C/C=C\C/C=C\CCCC(=O)OCC(COC(=O)CCCCCCC/C=C\CCCCCC)OC(=O)CCCCCCCC/C=C\C/C=C\C/C=C\CCCCC. The molecule has 0 fully saturated rings. The van der Waals surface area contributed by atoms with Crippen molar-refractivity contribution in [3.05, 3.63) is 134 Å². The normalized spacial score (nSPS) is 13.1. The fourth-order valence-electron chi connectivity index (χ4n) is 7.67. The van der Waals surface area contributed by atoms with E-state index in [1.165, 1.54) is 77.0 Å². The molecule has 0 spiro atoms. The molecule has 412 valence electrons. The van der Waals surface area contributed by atoms with E-state index in [9.17, 15) is 14.4 Å². The number of ether oxygens (including phenoxy) is 3. The number of allylic oxidation sites excluding steroid dienone is 22. The lowest BCUT2D eigenvalue weighted by Crippen LogP contribution is -2.30. The molecule has 0 bridgehead atoms. The maximum absolute atomic E-state index is 12.9. The Labute approximate surface area is 449 Å². The number of esters is 3. The number of carbonyl (C=O) groups is 3. The number of hydrogen-bond acceptors (Lipinski definition) is 6. The summed E-state index contributed by atoms with van der Waals surface area (Å²) in [5.41, 5.74) is 0. The second-order valence-electron chi connectivity index (χ2n) is 19.2. The summed E-state index contributed by atoms with van der Waals surface area (Å²) in [6, 6.07) is 0. The molecule has 0 saturated heterocycles. The first-order chi connectivity index (χ1) is 36.0. The summed E-state index contributed by atoms with van der Waals surface area (Å²) < 4.78 is 16.8. The van der Waals surface area contributed by atoms with Crippen LogP contribution in [-0.4, -0.2) is 37.2 Å². The second kappa shape index (κ2) is 60.1. The van der Waals surface area contributed by atoms with Crippen molar-refractivity contribution in [3.63, 3.8) is 0 Å². The molecule has 0 saturated carbocycles. The van der Waals surface area contributed by atoms with Crippen molar-refractivity contribution >= 4 is 17.9 Å². The molecule has 0 aromatic heterocycles. The number of hydrogen-bond donors (Lipinski definition) is 0. The average molecular weight is 1010 g/mol. The van der Waals surface area contributed by atoms with E-state index in [1.807, 2.05) is 0 Å². The first-order valence-electron chi connectivity index (χ1n) is 29.7. The van der Waals surface area contributed by atoms with Gasteiger partial charge in [-0.1, -0.05) is 231 Å².